The molecule has 0 aliphatic heterocycles. The average Bonchev–Trinajstić information content (AvgIpc) is 2.26. The second-order valence-corrected chi connectivity index (χ2v) is 2.81. The number of carbonyl (C=O) groups is 1. The number of hydrogen-bond acceptors (Lipinski definition) is 5. The average molecular weight is 248 g/mol. The fraction of sp³-hybridized carbons (Fsp3) is 0.250. The van der Waals surface area contributed by atoms with Crippen LogP contribution < -0.4 is 4.74 Å². The minimum Gasteiger partial charge on any atom is -0.478 e. The van der Waals surface area contributed by atoms with E-state index in [-0.39, 0.29) is 0 Å². The van der Waals surface area contributed by atoms with E-state index in [9.17, 15) is 23.7 Å². The van der Waals surface area contributed by atoms with Crippen LogP contribution in [0.5, 0.6) is 5.88 Å². The van der Waals surface area contributed by atoms with Gasteiger partial charge in [-0.25, -0.2) is 18.6 Å². The van der Waals surface area contributed by atoms with Crippen molar-refractivity contribution in [1.29, 1.82) is 0 Å². The molecular formula is C8H6F2N2O5. The highest BCUT2D eigenvalue weighted by molar-refractivity contribution is 5.90. The number of alkyl halides is 2. The first-order valence-electron chi connectivity index (χ1n) is 4.13. The van der Waals surface area contributed by atoms with Gasteiger partial charge in [0.15, 0.2) is 0 Å². The SMILES string of the molecule is COc1nc(C(F)F)c(C(=O)O)cc1[N+](=O)[O-]. The highest BCUT2D eigenvalue weighted by atomic mass is 19.3. The van der Waals surface area contributed by atoms with Crippen molar-refractivity contribution in [2.75, 3.05) is 7.11 Å². The number of aromatic nitrogens is 1. The molecule has 0 radical (unpaired) electrons. The molecule has 0 bridgehead atoms. The maximum atomic E-state index is 12.5. The Morgan fingerprint density at radius 2 is 2.24 bits per heavy atom. The zero-order chi connectivity index (χ0) is 13.2. The number of nitro groups is 1. The van der Waals surface area contributed by atoms with Crippen LogP contribution in [-0.4, -0.2) is 28.1 Å². The Morgan fingerprint density at radius 3 is 2.59 bits per heavy atom. The second-order valence-electron chi connectivity index (χ2n) is 2.81. The monoisotopic (exact) mass is 248 g/mol. The molecule has 17 heavy (non-hydrogen) atoms. The normalized spacial score (nSPS) is 10.4. The lowest BCUT2D eigenvalue weighted by Gasteiger charge is -2.07. The predicted molar refractivity (Wildman–Crippen MR) is 49.4 cm³/mol. The van der Waals surface area contributed by atoms with Gasteiger partial charge in [0.2, 0.25) is 0 Å². The van der Waals surface area contributed by atoms with Gasteiger partial charge in [-0.3, -0.25) is 10.1 Å². The van der Waals surface area contributed by atoms with Gasteiger partial charge in [-0.2, -0.15) is 0 Å². The Hall–Kier alpha value is -2.32. The Kier molecular flexibility index (Phi) is 3.51. The predicted octanol–water partition coefficient (Wildman–Crippen LogP) is 1.63. The van der Waals surface area contributed by atoms with E-state index in [2.05, 4.69) is 9.72 Å². The fourth-order valence-corrected chi connectivity index (χ4v) is 1.12. The maximum Gasteiger partial charge on any atom is 0.338 e. The van der Waals surface area contributed by atoms with E-state index >= 15 is 0 Å². The van der Waals surface area contributed by atoms with Crippen LogP contribution >= 0.6 is 0 Å². The molecule has 0 unspecified atom stereocenters. The van der Waals surface area contributed by atoms with E-state index in [1.54, 1.807) is 0 Å². The highest BCUT2D eigenvalue weighted by Crippen LogP contribution is 2.31. The van der Waals surface area contributed by atoms with Crippen LogP contribution in [0.15, 0.2) is 6.07 Å². The number of carboxylic acids is 1. The van der Waals surface area contributed by atoms with Gasteiger partial charge in [-0.05, 0) is 0 Å². The summed E-state index contributed by atoms with van der Waals surface area (Å²) in [6.07, 6.45) is -3.17. The molecule has 1 rings (SSSR count). The summed E-state index contributed by atoms with van der Waals surface area (Å²) in [5, 5.41) is 19.2. The largest absolute Gasteiger partial charge is 0.478 e. The number of rotatable bonds is 4. The van der Waals surface area contributed by atoms with Gasteiger partial charge >= 0.3 is 11.7 Å². The van der Waals surface area contributed by atoms with Crippen molar-refractivity contribution in [3.63, 3.8) is 0 Å². The van der Waals surface area contributed by atoms with Crippen LogP contribution in [-0.2, 0) is 0 Å². The molecule has 7 nitrogen and oxygen atoms in total. The minimum absolute atomic E-state index is 0.496. The molecule has 0 fully saturated rings. The van der Waals surface area contributed by atoms with E-state index in [4.69, 9.17) is 5.11 Å². The first kappa shape index (κ1) is 12.7. The summed E-state index contributed by atoms with van der Waals surface area (Å²) in [5.74, 6) is -2.38. The molecule has 1 heterocycles. The zero-order valence-electron chi connectivity index (χ0n) is 8.39. The van der Waals surface area contributed by atoms with Crippen molar-refractivity contribution in [2.24, 2.45) is 0 Å². The molecular weight excluding hydrogens is 242 g/mol. The van der Waals surface area contributed by atoms with Crippen molar-refractivity contribution in [3.05, 3.63) is 27.4 Å². The number of carboxylic acid groups (broad SMARTS) is 1. The van der Waals surface area contributed by atoms with Crippen LogP contribution in [0.25, 0.3) is 0 Å². The van der Waals surface area contributed by atoms with Gasteiger partial charge in [0, 0.05) is 6.07 Å². The Bertz CT molecular complexity index is 477. The van der Waals surface area contributed by atoms with E-state index in [1.165, 1.54) is 0 Å². The molecule has 0 saturated carbocycles. The number of methoxy groups -OCH3 is 1. The first-order valence-corrected chi connectivity index (χ1v) is 4.13. The number of aromatic carboxylic acids is 1. The Labute approximate surface area is 92.8 Å². The Balaban J connectivity index is 3.53. The van der Waals surface area contributed by atoms with Crippen molar-refractivity contribution < 1.29 is 28.3 Å². The minimum atomic E-state index is -3.17. The molecule has 0 amide bonds. The molecule has 0 spiro atoms. The molecule has 0 atom stereocenters. The van der Waals surface area contributed by atoms with E-state index < -0.39 is 40.1 Å². The molecule has 0 aliphatic carbocycles. The molecule has 9 heteroatoms. The summed E-state index contributed by atoms with van der Waals surface area (Å²) in [4.78, 5) is 23.4. The van der Waals surface area contributed by atoms with Crippen LogP contribution in [0.1, 0.15) is 22.5 Å². The number of pyridine rings is 1. The second kappa shape index (κ2) is 4.68. The number of ether oxygens (including phenoxy) is 1. The first-order chi connectivity index (χ1) is 7.88. The smallest absolute Gasteiger partial charge is 0.338 e. The molecule has 0 saturated heterocycles. The third-order valence-corrected chi connectivity index (χ3v) is 1.83. The molecule has 0 aliphatic rings. The van der Waals surface area contributed by atoms with Gasteiger partial charge in [-0.15, -0.1) is 0 Å². The van der Waals surface area contributed by atoms with Gasteiger partial charge in [-0.1, -0.05) is 0 Å². The van der Waals surface area contributed by atoms with Crippen LogP contribution in [0.2, 0.25) is 0 Å². The summed E-state index contributed by atoms with van der Waals surface area (Å²) in [5.41, 5.74) is -2.78. The quantitative estimate of drug-likeness (QED) is 0.641. The number of halogens is 2. The fourth-order valence-electron chi connectivity index (χ4n) is 1.12. The number of nitrogens with zero attached hydrogens (tertiary/aromatic N) is 2. The summed E-state index contributed by atoms with van der Waals surface area (Å²) in [7, 11) is 1.00. The van der Waals surface area contributed by atoms with Crippen LogP contribution in [0.3, 0.4) is 0 Å². The lowest BCUT2D eigenvalue weighted by Crippen LogP contribution is -2.08. The molecule has 92 valence electrons. The third-order valence-electron chi connectivity index (χ3n) is 1.83. The zero-order valence-corrected chi connectivity index (χ0v) is 8.39. The van der Waals surface area contributed by atoms with E-state index in [1.807, 2.05) is 0 Å². The van der Waals surface area contributed by atoms with Crippen molar-refractivity contribution in [1.82, 2.24) is 4.98 Å². The van der Waals surface area contributed by atoms with Crippen molar-refractivity contribution >= 4 is 11.7 Å². The van der Waals surface area contributed by atoms with Gasteiger partial charge in [0.1, 0.15) is 5.69 Å². The van der Waals surface area contributed by atoms with Crippen LogP contribution in [0, 0.1) is 10.1 Å². The third kappa shape index (κ3) is 2.44. The molecule has 1 N–H and O–H groups in total. The van der Waals surface area contributed by atoms with Crippen molar-refractivity contribution in [3.8, 4) is 5.88 Å². The van der Waals surface area contributed by atoms with Crippen LogP contribution in [0.4, 0.5) is 14.5 Å². The van der Waals surface area contributed by atoms with E-state index in [0.29, 0.717) is 6.07 Å². The Morgan fingerprint density at radius 1 is 1.65 bits per heavy atom. The standard InChI is InChI=1S/C8H6F2N2O5/c1-17-7-4(12(15)16)2-3(8(13)14)5(11-7)6(9)10/h2,6H,1H3,(H,13,14). The van der Waals surface area contributed by atoms with Gasteiger partial charge in [0.25, 0.3) is 12.3 Å². The maximum absolute atomic E-state index is 12.5. The van der Waals surface area contributed by atoms with E-state index in [0.717, 1.165) is 7.11 Å². The topological polar surface area (TPSA) is 103 Å². The number of hydrogen-bond donors (Lipinski definition) is 1. The summed E-state index contributed by atoms with van der Waals surface area (Å²) in [6.45, 7) is 0. The summed E-state index contributed by atoms with van der Waals surface area (Å²) in [6, 6.07) is 0.496. The molecule has 1 aromatic rings. The molecule has 0 aromatic carbocycles. The lowest BCUT2D eigenvalue weighted by atomic mass is 10.2. The van der Waals surface area contributed by atoms with Gasteiger partial charge < -0.3 is 9.84 Å². The molecule has 1 aromatic heterocycles. The van der Waals surface area contributed by atoms with Crippen molar-refractivity contribution in [2.45, 2.75) is 6.43 Å². The lowest BCUT2D eigenvalue weighted by molar-refractivity contribution is -0.386. The summed E-state index contributed by atoms with van der Waals surface area (Å²) >= 11 is 0. The summed E-state index contributed by atoms with van der Waals surface area (Å²) < 4.78 is 29.4. The highest BCUT2D eigenvalue weighted by Gasteiger charge is 2.27. The van der Waals surface area contributed by atoms with Gasteiger partial charge in [0.05, 0.1) is 17.6 Å².